The van der Waals surface area contributed by atoms with Crippen molar-refractivity contribution >= 4 is 6.08 Å². The van der Waals surface area contributed by atoms with Crippen molar-refractivity contribution < 1.29 is 0 Å². The molecule has 0 saturated carbocycles. The molecule has 0 unspecified atom stereocenters. The van der Waals surface area contributed by atoms with Crippen LogP contribution in [-0.2, 0) is 6.54 Å². The molecule has 1 heterocycles. The van der Waals surface area contributed by atoms with E-state index in [1.54, 1.807) is 0 Å². The van der Waals surface area contributed by atoms with Gasteiger partial charge in [-0.05, 0) is 24.6 Å². The molecule has 0 radical (unpaired) electrons. The van der Waals surface area contributed by atoms with Gasteiger partial charge in [0.2, 0.25) is 0 Å². The SMILES string of the molecule is C=Cc1cccn1CCCC. The maximum absolute atomic E-state index is 3.75. The number of hydrogen-bond acceptors (Lipinski definition) is 0. The van der Waals surface area contributed by atoms with Gasteiger partial charge in [0.05, 0.1) is 0 Å². The topological polar surface area (TPSA) is 4.93 Å². The van der Waals surface area contributed by atoms with Crippen molar-refractivity contribution in [1.29, 1.82) is 0 Å². The van der Waals surface area contributed by atoms with Crippen molar-refractivity contribution in [2.45, 2.75) is 26.3 Å². The molecule has 11 heavy (non-hydrogen) atoms. The molecule has 1 heteroatoms. The van der Waals surface area contributed by atoms with Crippen LogP contribution in [-0.4, -0.2) is 4.57 Å². The monoisotopic (exact) mass is 149 g/mol. The number of nitrogens with zero attached hydrogens (tertiary/aromatic N) is 1. The summed E-state index contributed by atoms with van der Waals surface area (Å²) in [5.41, 5.74) is 1.22. The van der Waals surface area contributed by atoms with Crippen molar-refractivity contribution in [2.75, 3.05) is 0 Å². The molecule has 60 valence electrons. The van der Waals surface area contributed by atoms with Gasteiger partial charge >= 0.3 is 0 Å². The molecule has 0 atom stereocenters. The molecule has 0 bridgehead atoms. The zero-order chi connectivity index (χ0) is 8.10. The normalized spacial score (nSPS) is 9.91. The summed E-state index contributed by atoms with van der Waals surface area (Å²) in [6.07, 6.45) is 6.49. The summed E-state index contributed by atoms with van der Waals surface area (Å²) in [6.45, 7) is 7.07. The third-order valence-corrected chi connectivity index (χ3v) is 1.83. The minimum atomic E-state index is 1.12. The van der Waals surface area contributed by atoms with E-state index in [2.05, 4.69) is 36.4 Å². The Balaban J connectivity index is 2.61. The highest BCUT2D eigenvalue weighted by Gasteiger charge is 1.93. The van der Waals surface area contributed by atoms with Gasteiger partial charge in [-0.1, -0.05) is 19.9 Å². The largest absolute Gasteiger partial charge is 0.348 e. The Labute approximate surface area is 68.4 Å². The lowest BCUT2D eigenvalue weighted by Crippen LogP contribution is -1.97. The standard InChI is InChI=1S/C10H15N/c1-3-5-8-11-9-6-7-10(11)4-2/h4,6-7,9H,2-3,5,8H2,1H3. The second kappa shape index (κ2) is 4.02. The second-order valence-corrected chi connectivity index (χ2v) is 2.68. The van der Waals surface area contributed by atoms with Crippen LogP contribution in [0.1, 0.15) is 25.5 Å². The molecule has 0 spiro atoms. The highest BCUT2D eigenvalue weighted by molar-refractivity contribution is 5.42. The molecular weight excluding hydrogens is 134 g/mol. The minimum absolute atomic E-state index is 1.12. The highest BCUT2D eigenvalue weighted by Crippen LogP contribution is 2.05. The Bertz CT molecular complexity index is 223. The van der Waals surface area contributed by atoms with Crippen LogP contribution < -0.4 is 0 Å². The third-order valence-electron chi connectivity index (χ3n) is 1.83. The quantitative estimate of drug-likeness (QED) is 0.620. The number of unbranched alkanes of at least 4 members (excludes halogenated alkanes) is 1. The fourth-order valence-corrected chi connectivity index (χ4v) is 1.14. The van der Waals surface area contributed by atoms with Gasteiger partial charge in [-0.15, -0.1) is 0 Å². The number of hydrogen-bond donors (Lipinski definition) is 0. The molecule has 0 aromatic carbocycles. The van der Waals surface area contributed by atoms with Crippen LogP contribution in [0.25, 0.3) is 6.08 Å². The molecule has 1 aromatic rings. The van der Waals surface area contributed by atoms with Gasteiger partial charge in [0.15, 0.2) is 0 Å². The van der Waals surface area contributed by atoms with E-state index in [4.69, 9.17) is 0 Å². The van der Waals surface area contributed by atoms with Crippen LogP contribution in [0.4, 0.5) is 0 Å². The van der Waals surface area contributed by atoms with Gasteiger partial charge in [-0.25, -0.2) is 0 Å². The summed E-state index contributed by atoms with van der Waals surface area (Å²) in [4.78, 5) is 0. The maximum Gasteiger partial charge on any atom is 0.0400 e. The van der Waals surface area contributed by atoms with E-state index in [1.165, 1.54) is 18.5 Å². The molecule has 0 N–H and O–H groups in total. The Morgan fingerprint density at radius 1 is 1.64 bits per heavy atom. The molecule has 1 nitrogen and oxygen atoms in total. The first-order valence-electron chi connectivity index (χ1n) is 4.16. The van der Waals surface area contributed by atoms with Crippen molar-refractivity contribution in [2.24, 2.45) is 0 Å². The smallest absolute Gasteiger partial charge is 0.0400 e. The lowest BCUT2D eigenvalue weighted by atomic mass is 10.3. The Morgan fingerprint density at radius 3 is 3.09 bits per heavy atom. The lowest BCUT2D eigenvalue weighted by molar-refractivity contribution is 0.631. The summed E-state index contributed by atoms with van der Waals surface area (Å²) in [5.74, 6) is 0. The molecule has 0 aliphatic rings. The molecular formula is C10H15N. The fourth-order valence-electron chi connectivity index (χ4n) is 1.14. The van der Waals surface area contributed by atoms with Crippen LogP contribution >= 0.6 is 0 Å². The maximum atomic E-state index is 3.75. The number of rotatable bonds is 4. The number of aryl methyl sites for hydroxylation is 1. The van der Waals surface area contributed by atoms with Crippen LogP contribution in [0.15, 0.2) is 24.9 Å². The summed E-state index contributed by atoms with van der Waals surface area (Å²) < 4.78 is 2.23. The molecule has 0 amide bonds. The first kappa shape index (κ1) is 8.12. The summed E-state index contributed by atoms with van der Waals surface area (Å²) in [6, 6.07) is 4.15. The summed E-state index contributed by atoms with van der Waals surface area (Å²) in [5, 5.41) is 0. The molecule has 1 aromatic heterocycles. The van der Waals surface area contributed by atoms with E-state index >= 15 is 0 Å². The van der Waals surface area contributed by atoms with E-state index < -0.39 is 0 Å². The van der Waals surface area contributed by atoms with Crippen molar-refractivity contribution in [3.63, 3.8) is 0 Å². The van der Waals surface area contributed by atoms with Crippen molar-refractivity contribution in [3.05, 3.63) is 30.6 Å². The molecule has 0 saturated heterocycles. The van der Waals surface area contributed by atoms with Gasteiger partial charge < -0.3 is 4.57 Å². The van der Waals surface area contributed by atoms with Gasteiger partial charge in [-0.3, -0.25) is 0 Å². The average Bonchev–Trinajstić information content (AvgIpc) is 2.47. The second-order valence-electron chi connectivity index (χ2n) is 2.68. The molecule has 1 rings (SSSR count). The van der Waals surface area contributed by atoms with Gasteiger partial charge in [0.25, 0.3) is 0 Å². The molecule has 0 fully saturated rings. The third kappa shape index (κ3) is 1.97. The Kier molecular flexibility index (Phi) is 2.96. The van der Waals surface area contributed by atoms with Crippen molar-refractivity contribution in [3.8, 4) is 0 Å². The Morgan fingerprint density at radius 2 is 2.45 bits per heavy atom. The van der Waals surface area contributed by atoms with E-state index in [9.17, 15) is 0 Å². The summed E-state index contributed by atoms with van der Waals surface area (Å²) >= 11 is 0. The van der Waals surface area contributed by atoms with Crippen LogP contribution in [0.2, 0.25) is 0 Å². The zero-order valence-corrected chi connectivity index (χ0v) is 7.09. The number of aromatic nitrogens is 1. The highest BCUT2D eigenvalue weighted by atomic mass is 15.0. The Hall–Kier alpha value is -0.980. The van der Waals surface area contributed by atoms with Crippen molar-refractivity contribution in [1.82, 2.24) is 4.57 Å². The minimum Gasteiger partial charge on any atom is -0.348 e. The molecule has 0 aliphatic heterocycles. The first-order chi connectivity index (χ1) is 5.38. The van der Waals surface area contributed by atoms with Crippen LogP contribution in [0.3, 0.4) is 0 Å². The van der Waals surface area contributed by atoms with Crippen LogP contribution in [0, 0.1) is 0 Å². The predicted molar refractivity (Wildman–Crippen MR) is 49.4 cm³/mol. The van der Waals surface area contributed by atoms with E-state index in [-0.39, 0.29) is 0 Å². The van der Waals surface area contributed by atoms with E-state index in [0.717, 1.165) is 6.54 Å². The zero-order valence-electron chi connectivity index (χ0n) is 7.09. The van der Waals surface area contributed by atoms with E-state index in [0.29, 0.717) is 0 Å². The van der Waals surface area contributed by atoms with E-state index in [1.807, 2.05) is 6.08 Å². The molecule has 0 aliphatic carbocycles. The van der Waals surface area contributed by atoms with Gasteiger partial charge in [0.1, 0.15) is 0 Å². The predicted octanol–water partition coefficient (Wildman–Crippen LogP) is 2.93. The van der Waals surface area contributed by atoms with Gasteiger partial charge in [0, 0.05) is 18.4 Å². The fraction of sp³-hybridized carbons (Fsp3) is 0.400. The average molecular weight is 149 g/mol. The lowest BCUT2D eigenvalue weighted by Gasteiger charge is -2.03. The first-order valence-corrected chi connectivity index (χ1v) is 4.16. The van der Waals surface area contributed by atoms with Crippen LogP contribution in [0.5, 0.6) is 0 Å². The summed E-state index contributed by atoms with van der Waals surface area (Å²) in [7, 11) is 0. The van der Waals surface area contributed by atoms with Gasteiger partial charge in [-0.2, -0.15) is 0 Å².